The van der Waals surface area contributed by atoms with Crippen LogP contribution in [0.1, 0.15) is 25.3 Å². The van der Waals surface area contributed by atoms with Crippen molar-refractivity contribution in [3.63, 3.8) is 0 Å². The molecule has 2 aromatic heterocycles. The summed E-state index contributed by atoms with van der Waals surface area (Å²) >= 11 is 1.53. The first-order valence-corrected chi connectivity index (χ1v) is 8.59. The normalized spacial score (nSPS) is 13.2. The molecule has 2 heterocycles. The zero-order chi connectivity index (χ0) is 17.0. The molecule has 2 N–H and O–H groups in total. The fourth-order valence-corrected chi connectivity index (χ4v) is 3.13. The molecule has 24 heavy (non-hydrogen) atoms. The highest BCUT2D eigenvalue weighted by Gasteiger charge is 2.29. The van der Waals surface area contributed by atoms with E-state index in [1.54, 1.807) is 16.9 Å². The van der Waals surface area contributed by atoms with E-state index in [2.05, 4.69) is 20.7 Å². The number of urea groups is 1. The fourth-order valence-electron chi connectivity index (χ4n) is 2.30. The lowest BCUT2D eigenvalue weighted by Gasteiger charge is -2.27. The number of nitrogens with one attached hydrogen (secondary N) is 2. The second kappa shape index (κ2) is 6.84. The zero-order valence-electron chi connectivity index (χ0n) is 13.6. The molecule has 2 amide bonds. The Balaban J connectivity index is 1.68. The number of amides is 2. The number of carbonyl (C=O) groups is 1. The van der Waals surface area contributed by atoms with Gasteiger partial charge < -0.3 is 5.32 Å². The van der Waals surface area contributed by atoms with Crippen molar-refractivity contribution in [2.45, 2.75) is 25.8 Å². The third-order valence-electron chi connectivity index (χ3n) is 3.85. The Morgan fingerprint density at radius 2 is 2.08 bits per heavy atom. The number of para-hydroxylation sites is 1. The summed E-state index contributed by atoms with van der Waals surface area (Å²) in [4.78, 5) is 16.7. The number of carbonyl (C=O) groups excluding carboxylic acids is 1. The van der Waals surface area contributed by atoms with Crippen molar-refractivity contribution in [1.82, 2.24) is 20.1 Å². The van der Waals surface area contributed by atoms with E-state index < -0.39 is 5.54 Å². The predicted molar refractivity (Wildman–Crippen MR) is 95.5 cm³/mol. The van der Waals surface area contributed by atoms with E-state index in [1.807, 2.05) is 55.8 Å². The van der Waals surface area contributed by atoms with Crippen molar-refractivity contribution in [1.29, 1.82) is 0 Å². The first-order valence-electron chi connectivity index (χ1n) is 7.71. The molecule has 0 spiro atoms. The van der Waals surface area contributed by atoms with Gasteiger partial charge in [-0.1, -0.05) is 25.1 Å². The highest BCUT2D eigenvalue weighted by molar-refractivity contribution is 7.09. The number of aromatic nitrogens is 3. The highest BCUT2D eigenvalue weighted by Crippen LogP contribution is 2.26. The third-order valence-corrected chi connectivity index (χ3v) is 4.89. The Hall–Kier alpha value is -2.67. The molecule has 0 aliphatic rings. The molecule has 0 fully saturated rings. The lowest BCUT2D eigenvalue weighted by molar-refractivity contribution is 0.237. The monoisotopic (exact) mass is 341 g/mol. The maximum absolute atomic E-state index is 12.3. The molecule has 0 radical (unpaired) electrons. The number of hydrogen-bond donors (Lipinski definition) is 2. The molecule has 0 aliphatic heterocycles. The van der Waals surface area contributed by atoms with Gasteiger partial charge in [-0.05, 0) is 25.5 Å². The van der Waals surface area contributed by atoms with Gasteiger partial charge in [0.05, 0.1) is 11.2 Å². The fraction of sp³-hybridized carbons (Fsp3) is 0.235. The van der Waals surface area contributed by atoms with Gasteiger partial charge in [-0.15, -0.1) is 16.4 Å². The summed E-state index contributed by atoms with van der Waals surface area (Å²) in [5.41, 5.74) is 0.437. The van der Waals surface area contributed by atoms with Crippen LogP contribution in [0.4, 0.5) is 10.6 Å². The molecule has 1 unspecified atom stereocenters. The van der Waals surface area contributed by atoms with Gasteiger partial charge in [-0.2, -0.15) is 0 Å². The van der Waals surface area contributed by atoms with E-state index in [-0.39, 0.29) is 6.03 Å². The summed E-state index contributed by atoms with van der Waals surface area (Å²) in [6, 6.07) is 11.2. The van der Waals surface area contributed by atoms with E-state index in [9.17, 15) is 4.79 Å². The molecule has 3 aromatic rings. The van der Waals surface area contributed by atoms with Crippen molar-refractivity contribution < 1.29 is 4.79 Å². The van der Waals surface area contributed by atoms with Gasteiger partial charge in [0.15, 0.2) is 5.82 Å². The van der Waals surface area contributed by atoms with Gasteiger partial charge in [-0.3, -0.25) is 5.32 Å². The molecular formula is C17H19N5OS. The second-order valence-corrected chi connectivity index (χ2v) is 6.48. The van der Waals surface area contributed by atoms with Crippen LogP contribution in [-0.2, 0) is 5.54 Å². The quantitative estimate of drug-likeness (QED) is 0.742. The van der Waals surface area contributed by atoms with E-state index in [4.69, 9.17) is 0 Å². The van der Waals surface area contributed by atoms with Gasteiger partial charge in [0.25, 0.3) is 0 Å². The number of thiazole rings is 1. The molecule has 124 valence electrons. The Morgan fingerprint density at radius 1 is 1.29 bits per heavy atom. The van der Waals surface area contributed by atoms with E-state index >= 15 is 0 Å². The molecule has 0 aliphatic carbocycles. The van der Waals surface area contributed by atoms with Crippen LogP contribution in [0.2, 0.25) is 0 Å². The largest absolute Gasteiger partial charge is 0.326 e. The Bertz CT molecular complexity index is 800. The summed E-state index contributed by atoms with van der Waals surface area (Å²) < 4.78 is 1.72. The Morgan fingerprint density at radius 3 is 2.75 bits per heavy atom. The van der Waals surface area contributed by atoms with Crippen molar-refractivity contribution in [3.8, 4) is 5.69 Å². The van der Waals surface area contributed by atoms with Crippen LogP contribution < -0.4 is 10.6 Å². The van der Waals surface area contributed by atoms with Crippen LogP contribution in [0.3, 0.4) is 0 Å². The highest BCUT2D eigenvalue weighted by atomic mass is 32.1. The average Bonchev–Trinajstić information content (AvgIpc) is 3.27. The molecule has 0 saturated carbocycles. The molecule has 7 heteroatoms. The van der Waals surface area contributed by atoms with Crippen molar-refractivity contribution in [2.24, 2.45) is 0 Å². The van der Waals surface area contributed by atoms with Crippen LogP contribution in [0, 0.1) is 0 Å². The number of hydrogen-bond acceptors (Lipinski definition) is 4. The minimum Gasteiger partial charge on any atom is -0.326 e. The Kier molecular flexibility index (Phi) is 4.61. The first kappa shape index (κ1) is 16.2. The van der Waals surface area contributed by atoms with E-state index in [0.29, 0.717) is 5.82 Å². The predicted octanol–water partition coefficient (Wildman–Crippen LogP) is 3.78. The van der Waals surface area contributed by atoms with Gasteiger partial charge in [0.2, 0.25) is 0 Å². The van der Waals surface area contributed by atoms with Crippen LogP contribution in [-0.4, -0.2) is 20.8 Å². The van der Waals surface area contributed by atoms with Crippen molar-refractivity contribution >= 4 is 23.2 Å². The van der Waals surface area contributed by atoms with Crippen molar-refractivity contribution in [3.05, 3.63) is 59.2 Å². The Labute approximate surface area is 144 Å². The summed E-state index contributed by atoms with van der Waals surface area (Å²) in [6.45, 7) is 3.99. The molecule has 1 aromatic carbocycles. The second-order valence-electron chi connectivity index (χ2n) is 5.58. The molecule has 6 nitrogen and oxygen atoms in total. The van der Waals surface area contributed by atoms with Crippen LogP contribution in [0.5, 0.6) is 0 Å². The van der Waals surface area contributed by atoms with Gasteiger partial charge in [0.1, 0.15) is 5.01 Å². The topological polar surface area (TPSA) is 71.8 Å². The molecular weight excluding hydrogens is 322 g/mol. The van der Waals surface area contributed by atoms with Gasteiger partial charge in [0, 0.05) is 23.8 Å². The zero-order valence-corrected chi connectivity index (χ0v) is 14.4. The summed E-state index contributed by atoms with van der Waals surface area (Å²) in [7, 11) is 0. The standard InChI is InChI=1S/C17H19N5OS/c1-3-17(2,15-18-10-12-24-15)20-16(23)19-14-9-11-22(21-14)13-7-5-4-6-8-13/h4-12H,3H2,1-2H3,(H2,19,20,21,23). The van der Waals surface area contributed by atoms with Crippen molar-refractivity contribution in [2.75, 3.05) is 5.32 Å². The molecule has 0 saturated heterocycles. The summed E-state index contributed by atoms with van der Waals surface area (Å²) in [5, 5.41) is 12.9. The lowest BCUT2D eigenvalue weighted by atomic mass is 10.0. The SMILES string of the molecule is CCC(C)(NC(=O)Nc1ccn(-c2ccccc2)n1)c1nccs1. The van der Waals surface area contributed by atoms with Gasteiger partial charge in [-0.25, -0.2) is 14.5 Å². The van der Waals surface area contributed by atoms with Crippen LogP contribution >= 0.6 is 11.3 Å². The van der Waals surface area contributed by atoms with Gasteiger partial charge >= 0.3 is 6.03 Å². The molecule has 3 rings (SSSR count). The van der Waals surface area contributed by atoms with E-state index in [0.717, 1.165) is 17.1 Å². The number of rotatable bonds is 5. The summed E-state index contributed by atoms with van der Waals surface area (Å²) in [6.07, 6.45) is 4.30. The minimum absolute atomic E-state index is 0.298. The van der Waals surface area contributed by atoms with Crippen LogP contribution in [0.25, 0.3) is 5.69 Å². The molecule has 1 atom stereocenters. The maximum Gasteiger partial charge on any atom is 0.321 e. The third kappa shape index (κ3) is 3.46. The minimum atomic E-state index is -0.500. The average molecular weight is 341 g/mol. The number of anilines is 1. The maximum atomic E-state index is 12.3. The number of benzene rings is 1. The summed E-state index contributed by atoms with van der Waals surface area (Å²) in [5.74, 6) is 0.494. The van der Waals surface area contributed by atoms with Crippen LogP contribution in [0.15, 0.2) is 54.2 Å². The molecule has 0 bridgehead atoms. The first-order chi connectivity index (χ1) is 11.6. The lowest BCUT2D eigenvalue weighted by Crippen LogP contribution is -2.45. The number of nitrogens with zero attached hydrogens (tertiary/aromatic N) is 3. The smallest absolute Gasteiger partial charge is 0.321 e. The van der Waals surface area contributed by atoms with E-state index in [1.165, 1.54) is 11.3 Å².